The minimum absolute atomic E-state index is 0.446. The second kappa shape index (κ2) is 1.98. The molecule has 0 aromatic rings. The summed E-state index contributed by atoms with van der Waals surface area (Å²) < 4.78 is 0. The Bertz CT molecular complexity index is 111. The summed E-state index contributed by atoms with van der Waals surface area (Å²) in [6.07, 6.45) is 5.59. The van der Waals surface area contributed by atoms with Crippen LogP contribution < -0.4 is 0 Å². The highest BCUT2D eigenvalue weighted by molar-refractivity contribution is 4.89. The lowest BCUT2D eigenvalue weighted by Crippen LogP contribution is -2.13. The van der Waals surface area contributed by atoms with E-state index in [4.69, 9.17) is 5.11 Å². The van der Waals surface area contributed by atoms with Crippen molar-refractivity contribution >= 4 is 0 Å². The molecule has 2 saturated carbocycles. The van der Waals surface area contributed by atoms with E-state index in [1.807, 2.05) is 0 Å². The molecule has 1 heteroatoms. The molecule has 0 saturated heterocycles. The van der Waals surface area contributed by atoms with Crippen LogP contribution in [-0.4, -0.2) is 11.7 Å². The fourth-order valence-electron chi connectivity index (χ4n) is 2.60. The molecule has 0 spiro atoms. The Morgan fingerprint density at radius 2 is 2.11 bits per heavy atom. The first-order chi connectivity index (χ1) is 4.40. The molecule has 9 heavy (non-hydrogen) atoms. The molecule has 2 rings (SSSR count). The molecule has 2 aliphatic carbocycles. The van der Waals surface area contributed by atoms with Gasteiger partial charge in [0.25, 0.3) is 0 Å². The minimum Gasteiger partial charge on any atom is -0.396 e. The van der Waals surface area contributed by atoms with Crippen molar-refractivity contribution in [3.8, 4) is 0 Å². The molecule has 2 bridgehead atoms. The SMILES string of the molecule is OC[C@@H]1C[C@@H]2CC[C@H]1C2. The van der Waals surface area contributed by atoms with Gasteiger partial charge in [-0.2, -0.15) is 0 Å². The fourth-order valence-corrected chi connectivity index (χ4v) is 2.60. The van der Waals surface area contributed by atoms with Crippen LogP contribution in [-0.2, 0) is 0 Å². The van der Waals surface area contributed by atoms with E-state index in [9.17, 15) is 0 Å². The molecule has 3 atom stereocenters. The van der Waals surface area contributed by atoms with Gasteiger partial charge in [0.1, 0.15) is 0 Å². The van der Waals surface area contributed by atoms with Crippen LogP contribution in [0.25, 0.3) is 0 Å². The Morgan fingerprint density at radius 1 is 1.22 bits per heavy atom. The number of rotatable bonds is 1. The molecule has 0 aromatic carbocycles. The predicted molar refractivity (Wildman–Crippen MR) is 36.0 cm³/mol. The third-order valence-corrected chi connectivity index (χ3v) is 3.12. The number of hydrogen-bond acceptors (Lipinski definition) is 1. The van der Waals surface area contributed by atoms with Crippen LogP contribution in [0.5, 0.6) is 0 Å². The lowest BCUT2D eigenvalue weighted by molar-refractivity contribution is 0.177. The predicted octanol–water partition coefficient (Wildman–Crippen LogP) is 1.41. The van der Waals surface area contributed by atoms with Gasteiger partial charge in [-0.25, -0.2) is 0 Å². The summed E-state index contributed by atoms with van der Waals surface area (Å²) >= 11 is 0. The zero-order valence-corrected chi connectivity index (χ0v) is 5.71. The molecule has 0 aromatic heterocycles. The molecule has 0 heterocycles. The van der Waals surface area contributed by atoms with Crippen LogP contribution in [0.15, 0.2) is 0 Å². The van der Waals surface area contributed by atoms with Gasteiger partial charge in [-0.3, -0.25) is 0 Å². The van der Waals surface area contributed by atoms with Crippen molar-refractivity contribution in [2.24, 2.45) is 17.8 Å². The van der Waals surface area contributed by atoms with Crippen LogP contribution >= 0.6 is 0 Å². The van der Waals surface area contributed by atoms with Crippen molar-refractivity contribution in [1.29, 1.82) is 0 Å². The maximum Gasteiger partial charge on any atom is 0.0462 e. The highest BCUT2D eigenvalue weighted by Gasteiger charge is 2.38. The summed E-state index contributed by atoms with van der Waals surface area (Å²) in [7, 11) is 0. The van der Waals surface area contributed by atoms with Crippen molar-refractivity contribution < 1.29 is 5.11 Å². The third kappa shape index (κ3) is 0.787. The molecule has 0 unspecified atom stereocenters. The Balaban J connectivity index is 2.01. The molecule has 0 amide bonds. The molecule has 2 aliphatic rings. The number of fused-ring (bicyclic) bond motifs is 2. The van der Waals surface area contributed by atoms with Gasteiger partial charge in [0, 0.05) is 6.61 Å². The summed E-state index contributed by atoms with van der Waals surface area (Å²) in [6, 6.07) is 0. The summed E-state index contributed by atoms with van der Waals surface area (Å²) in [5.74, 6) is 2.58. The van der Waals surface area contributed by atoms with Crippen LogP contribution in [0, 0.1) is 17.8 Å². The van der Waals surface area contributed by atoms with E-state index in [0.29, 0.717) is 12.5 Å². The molecular formula is C8H14O. The second-order valence-corrected chi connectivity index (χ2v) is 3.62. The minimum atomic E-state index is 0.446. The van der Waals surface area contributed by atoms with Crippen molar-refractivity contribution in [3.05, 3.63) is 0 Å². The number of hydrogen-bond donors (Lipinski definition) is 1. The fraction of sp³-hybridized carbons (Fsp3) is 1.00. The van der Waals surface area contributed by atoms with E-state index in [0.717, 1.165) is 11.8 Å². The van der Waals surface area contributed by atoms with Crippen molar-refractivity contribution in [2.45, 2.75) is 25.7 Å². The van der Waals surface area contributed by atoms with Gasteiger partial charge in [0.05, 0.1) is 0 Å². The molecule has 2 fully saturated rings. The Hall–Kier alpha value is -0.0400. The smallest absolute Gasteiger partial charge is 0.0462 e. The topological polar surface area (TPSA) is 20.2 Å². The van der Waals surface area contributed by atoms with Crippen LogP contribution in [0.4, 0.5) is 0 Å². The normalized spacial score (nSPS) is 48.3. The largest absolute Gasteiger partial charge is 0.396 e. The molecule has 1 N–H and O–H groups in total. The molecule has 52 valence electrons. The van der Waals surface area contributed by atoms with Crippen molar-refractivity contribution in [2.75, 3.05) is 6.61 Å². The van der Waals surface area contributed by atoms with Gasteiger partial charge >= 0.3 is 0 Å². The van der Waals surface area contributed by atoms with Gasteiger partial charge in [-0.15, -0.1) is 0 Å². The van der Waals surface area contributed by atoms with Gasteiger partial charge in [0.15, 0.2) is 0 Å². The van der Waals surface area contributed by atoms with Gasteiger partial charge < -0.3 is 5.11 Å². The Morgan fingerprint density at radius 3 is 2.44 bits per heavy atom. The van der Waals surface area contributed by atoms with Crippen LogP contribution in [0.1, 0.15) is 25.7 Å². The molecule has 0 radical (unpaired) electrons. The van der Waals surface area contributed by atoms with E-state index in [1.54, 1.807) is 0 Å². The first-order valence-electron chi connectivity index (χ1n) is 4.01. The van der Waals surface area contributed by atoms with Gasteiger partial charge in [0.2, 0.25) is 0 Å². The summed E-state index contributed by atoms with van der Waals surface area (Å²) in [5.41, 5.74) is 0. The van der Waals surface area contributed by atoms with E-state index in [1.165, 1.54) is 25.7 Å². The number of aliphatic hydroxyl groups excluding tert-OH is 1. The standard InChI is InChI=1S/C8H14O/c9-5-8-4-6-1-2-7(8)3-6/h6-9H,1-5H2/t6-,7+,8+/m1/s1. The molecule has 0 aliphatic heterocycles. The third-order valence-electron chi connectivity index (χ3n) is 3.12. The van der Waals surface area contributed by atoms with E-state index in [-0.39, 0.29) is 0 Å². The Kier molecular flexibility index (Phi) is 1.26. The van der Waals surface area contributed by atoms with Crippen molar-refractivity contribution in [1.82, 2.24) is 0 Å². The summed E-state index contributed by atoms with van der Waals surface area (Å²) in [4.78, 5) is 0. The summed E-state index contributed by atoms with van der Waals surface area (Å²) in [5, 5.41) is 8.89. The first kappa shape index (κ1) is 5.72. The average molecular weight is 126 g/mol. The second-order valence-electron chi connectivity index (χ2n) is 3.62. The first-order valence-corrected chi connectivity index (χ1v) is 4.01. The van der Waals surface area contributed by atoms with Gasteiger partial charge in [-0.1, -0.05) is 6.42 Å². The quantitative estimate of drug-likeness (QED) is 0.563. The number of aliphatic hydroxyl groups is 1. The summed E-state index contributed by atoms with van der Waals surface area (Å²) in [6.45, 7) is 0.446. The monoisotopic (exact) mass is 126 g/mol. The highest BCUT2D eigenvalue weighted by atomic mass is 16.3. The lowest BCUT2D eigenvalue weighted by Gasteiger charge is -2.18. The van der Waals surface area contributed by atoms with E-state index >= 15 is 0 Å². The Labute approximate surface area is 56.1 Å². The zero-order valence-electron chi connectivity index (χ0n) is 5.71. The van der Waals surface area contributed by atoms with Gasteiger partial charge in [-0.05, 0) is 37.0 Å². The van der Waals surface area contributed by atoms with E-state index in [2.05, 4.69) is 0 Å². The highest BCUT2D eigenvalue weighted by Crippen LogP contribution is 2.47. The maximum absolute atomic E-state index is 8.89. The lowest BCUT2D eigenvalue weighted by atomic mass is 9.90. The maximum atomic E-state index is 8.89. The average Bonchev–Trinajstić information content (AvgIpc) is 2.45. The molecule has 1 nitrogen and oxygen atoms in total. The zero-order chi connectivity index (χ0) is 6.27. The van der Waals surface area contributed by atoms with E-state index < -0.39 is 0 Å². The van der Waals surface area contributed by atoms with Crippen LogP contribution in [0.3, 0.4) is 0 Å². The molecular weight excluding hydrogens is 112 g/mol. The van der Waals surface area contributed by atoms with Crippen LogP contribution in [0.2, 0.25) is 0 Å². The van der Waals surface area contributed by atoms with Crippen molar-refractivity contribution in [3.63, 3.8) is 0 Å².